The van der Waals surface area contributed by atoms with Gasteiger partial charge in [-0.15, -0.1) is 32.9 Å². The molecule has 0 radical (unpaired) electrons. The van der Waals surface area contributed by atoms with Crippen molar-refractivity contribution in [3.63, 3.8) is 0 Å². The van der Waals surface area contributed by atoms with E-state index in [1.807, 2.05) is 24.4 Å². The molecule has 4 amide bonds. The molecule has 1 saturated heterocycles. The fourth-order valence-electron chi connectivity index (χ4n) is 3.37. The predicted octanol–water partition coefficient (Wildman–Crippen LogP) is 3.72. The molecule has 12 heteroatoms. The van der Waals surface area contributed by atoms with E-state index < -0.39 is 17.5 Å². The highest BCUT2D eigenvalue weighted by Crippen LogP contribution is 2.35. The lowest BCUT2D eigenvalue weighted by molar-refractivity contribution is -0.139. The number of rotatable bonds is 8. The highest BCUT2D eigenvalue weighted by Gasteiger charge is 2.50. The van der Waals surface area contributed by atoms with Crippen molar-refractivity contribution in [1.82, 2.24) is 25.3 Å². The Kier molecular flexibility index (Phi) is 6.31. The molecule has 1 fully saturated rings. The first kappa shape index (κ1) is 22.4. The Balaban J connectivity index is 1.47. The van der Waals surface area contributed by atoms with Gasteiger partial charge in [-0.1, -0.05) is 24.6 Å². The van der Waals surface area contributed by atoms with Gasteiger partial charge in [-0.25, -0.2) is 4.79 Å². The minimum atomic E-state index is -1.26. The van der Waals surface area contributed by atoms with Gasteiger partial charge in [0.25, 0.3) is 11.8 Å². The third-order valence-electron chi connectivity index (χ3n) is 5.01. The first-order chi connectivity index (χ1) is 15.3. The molecule has 0 saturated carbocycles. The molecule has 0 bridgehead atoms. The summed E-state index contributed by atoms with van der Waals surface area (Å²) >= 11 is 8.68. The Morgan fingerprint density at radius 1 is 1.31 bits per heavy atom. The summed E-state index contributed by atoms with van der Waals surface area (Å²) in [6, 6.07) is 6.49. The third kappa shape index (κ3) is 4.27. The summed E-state index contributed by atoms with van der Waals surface area (Å²) in [5.41, 5.74) is -1.26. The van der Waals surface area contributed by atoms with Crippen LogP contribution in [-0.2, 0) is 21.7 Å². The number of halogens is 1. The van der Waals surface area contributed by atoms with E-state index in [1.165, 1.54) is 27.6 Å². The number of nitrogens with one attached hydrogen (secondary N) is 1. The summed E-state index contributed by atoms with van der Waals surface area (Å²) in [6.45, 7) is 3.65. The summed E-state index contributed by atoms with van der Waals surface area (Å²) in [4.78, 5) is 42.5. The van der Waals surface area contributed by atoms with Crippen LogP contribution < -0.4 is 5.32 Å². The van der Waals surface area contributed by atoms with Crippen molar-refractivity contribution in [2.75, 3.05) is 13.1 Å². The van der Waals surface area contributed by atoms with Crippen LogP contribution in [0.1, 0.15) is 31.0 Å². The maximum Gasteiger partial charge on any atom is 0.325 e. The van der Waals surface area contributed by atoms with Crippen molar-refractivity contribution in [3.8, 4) is 10.8 Å². The third-order valence-corrected chi connectivity index (χ3v) is 7.32. The molecular weight excluding hydrogens is 474 g/mol. The zero-order valence-corrected chi connectivity index (χ0v) is 19.7. The zero-order valence-electron chi connectivity index (χ0n) is 17.3. The van der Waals surface area contributed by atoms with Crippen LogP contribution in [0.15, 0.2) is 34.1 Å². The molecule has 1 aliphatic heterocycles. The smallest absolute Gasteiger partial charge is 0.325 e. The quantitative estimate of drug-likeness (QED) is 0.479. The number of amides is 4. The van der Waals surface area contributed by atoms with Crippen molar-refractivity contribution in [3.05, 3.63) is 44.7 Å². The molecule has 1 N–H and O–H groups in total. The van der Waals surface area contributed by atoms with E-state index in [4.69, 9.17) is 16.0 Å². The van der Waals surface area contributed by atoms with Crippen molar-refractivity contribution in [2.45, 2.75) is 32.4 Å². The number of carbonyl (C=O) groups excluding carboxylic acids is 3. The molecule has 1 atom stereocenters. The van der Waals surface area contributed by atoms with E-state index in [1.54, 1.807) is 19.1 Å². The fraction of sp³-hybridized carbons (Fsp3) is 0.350. The Morgan fingerprint density at radius 3 is 2.78 bits per heavy atom. The monoisotopic (exact) mass is 493 g/mol. The second-order valence-corrected chi connectivity index (χ2v) is 10.0. The Hall–Kier alpha value is -2.76. The minimum Gasteiger partial charge on any atom is -0.418 e. The van der Waals surface area contributed by atoms with Gasteiger partial charge in [0, 0.05) is 11.4 Å². The molecule has 1 aliphatic rings. The second kappa shape index (κ2) is 9.00. The van der Waals surface area contributed by atoms with Crippen molar-refractivity contribution in [2.24, 2.45) is 0 Å². The molecule has 9 nitrogen and oxygen atoms in total. The van der Waals surface area contributed by atoms with Crippen molar-refractivity contribution in [1.29, 1.82) is 0 Å². The standard InChI is InChI=1S/C20H20ClN5O4S2/c1-3-8-25(10-15-23-24-17(30-15)12-5-4-9-31-12)16(27)11-26-18(28)20(2,22-19(26)29)13-6-7-14(21)32-13/h4-7,9H,3,8,10-11H2,1-2H3,(H,22,29)/t20-/m1/s1. The van der Waals surface area contributed by atoms with Gasteiger partial charge in [0.15, 0.2) is 5.54 Å². The highest BCUT2D eigenvalue weighted by molar-refractivity contribution is 7.16. The van der Waals surface area contributed by atoms with Crippen molar-refractivity contribution < 1.29 is 18.8 Å². The maximum absolute atomic E-state index is 13.1. The molecule has 0 unspecified atom stereocenters. The van der Waals surface area contributed by atoms with Crippen molar-refractivity contribution >= 4 is 52.1 Å². The second-order valence-electron chi connectivity index (χ2n) is 7.34. The van der Waals surface area contributed by atoms with E-state index in [2.05, 4.69) is 15.5 Å². The number of thiophene rings is 2. The van der Waals surface area contributed by atoms with Gasteiger partial charge in [0.1, 0.15) is 6.54 Å². The molecule has 3 aromatic rings. The summed E-state index contributed by atoms with van der Waals surface area (Å²) in [6.07, 6.45) is 0.684. The SMILES string of the molecule is CCCN(Cc1nnc(-c2cccs2)o1)C(=O)CN1C(=O)N[C@](C)(c2ccc(Cl)s2)C1=O. The van der Waals surface area contributed by atoms with E-state index in [-0.39, 0.29) is 24.9 Å². The fourth-order valence-corrected chi connectivity index (χ4v) is 5.15. The average Bonchev–Trinajstić information content (AvgIpc) is 3.54. The van der Waals surface area contributed by atoms with E-state index in [0.717, 1.165) is 9.78 Å². The van der Waals surface area contributed by atoms with Crippen LogP contribution in [0.5, 0.6) is 0 Å². The van der Waals surface area contributed by atoms with Gasteiger partial charge in [-0.3, -0.25) is 14.5 Å². The van der Waals surface area contributed by atoms with Crippen LogP contribution in [0.4, 0.5) is 4.79 Å². The van der Waals surface area contributed by atoms with E-state index >= 15 is 0 Å². The van der Waals surface area contributed by atoms with E-state index in [9.17, 15) is 14.4 Å². The van der Waals surface area contributed by atoms with Gasteiger partial charge in [-0.05, 0) is 36.9 Å². The summed E-state index contributed by atoms with van der Waals surface area (Å²) in [7, 11) is 0. The topological polar surface area (TPSA) is 109 Å². The lowest BCUT2D eigenvalue weighted by Crippen LogP contribution is -2.44. The van der Waals surface area contributed by atoms with E-state index in [0.29, 0.717) is 28.1 Å². The van der Waals surface area contributed by atoms with Gasteiger partial charge >= 0.3 is 6.03 Å². The number of hydrogen-bond acceptors (Lipinski definition) is 8. The number of imide groups is 1. The Bertz CT molecular complexity index is 1140. The Morgan fingerprint density at radius 2 is 2.12 bits per heavy atom. The molecule has 4 heterocycles. The number of carbonyl (C=O) groups is 3. The largest absolute Gasteiger partial charge is 0.418 e. The predicted molar refractivity (Wildman–Crippen MR) is 120 cm³/mol. The van der Waals surface area contributed by atoms with Crippen LogP contribution in [0, 0.1) is 0 Å². The average molecular weight is 494 g/mol. The normalized spacial score (nSPS) is 18.3. The first-order valence-corrected chi connectivity index (χ1v) is 11.9. The molecule has 3 aromatic heterocycles. The van der Waals surface area contributed by atoms with Crippen LogP contribution in [0.25, 0.3) is 10.8 Å². The number of nitrogens with zero attached hydrogens (tertiary/aromatic N) is 4. The summed E-state index contributed by atoms with van der Waals surface area (Å²) in [5.74, 6) is -0.216. The number of urea groups is 1. The first-order valence-electron chi connectivity index (χ1n) is 9.85. The molecular formula is C20H20ClN5O4S2. The summed E-state index contributed by atoms with van der Waals surface area (Å²) < 4.78 is 6.19. The molecule has 4 rings (SSSR count). The number of hydrogen-bond donors (Lipinski definition) is 1. The molecule has 168 valence electrons. The molecule has 0 aromatic carbocycles. The number of aromatic nitrogens is 2. The Labute approximate surface area is 197 Å². The van der Waals surface area contributed by atoms with Gasteiger partial charge in [0.2, 0.25) is 11.8 Å². The van der Waals surface area contributed by atoms with Crippen LogP contribution in [-0.4, -0.2) is 50.9 Å². The van der Waals surface area contributed by atoms with Crippen LogP contribution >= 0.6 is 34.3 Å². The van der Waals surface area contributed by atoms with Gasteiger partial charge in [-0.2, -0.15) is 0 Å². The molecule has 0 aliphatic carbocycles. The van der Waals surface area contributed by atoms with Gasteiger partial charge in [0.05, 0.1) is 15.8 Å². The minimum absolute atomic E-state index is 0.0898. The highest BCUT2D eigenvalue weighted by atomic mass is 35.5. The summed E-state index contributed by atoms with van der Waals surface area (Å²) in [5, 5.41) is 12.6. The maximum atomic E-state index is 13.1. The van der Waals surface area contributed by atoms with Crippen LogP contribution in [0.2, 0.25) is 4.34 Å². The zero-order chi connectivity index (χ0) is 22.9. The molecule has 0 spiro atoms. The lowest BCUT2D eigenvalue weighted by atomic mass is 10.0. The molecule has 32 heavy (non-hydrogen) atoms. The van der Waals surface area contributed by atoms with Gasteiger partial charge < -0.3 is 14.6 Å². The lowest BCUT2D eigenvalue weighted by Gasteiger charge is -2.23. The van der Waals surface area contributed by atoms with Crippen LogP contribution in [0.3, 0.4) is 0 Å².